The number of hydrogen-bond acceptors (Lipinski definition) is 2. The fourth-order valence-corrected chi connectivity index (χ4v) is 2.41. The fraction of sp³-hybridized carbons (Fsp3) is 0.300. The summed E-state index contributed by atoms with van der Waals surface area (Å²) in [6.07, 6.45) is 0.965. The van der Waals surface area contributed by atoms with Crippen molar-refractivity contribution in [2.24, 2.45) is 0 Å². The van der Waals surface area contributed by atoms with Crippen molar-refractivity contribution in [1.29, 1.82) is 0 Å². The summed E-state index contributed by atoms with van der Waals surface area (Å²) in [4.78, 5) is 24.1. The molecule has 0 fully saturated rings. The van der Waals surface area contributed by atoms with Crippen molar-refractivity contribution >= 4 is 17.5 Å². The summed E-state index contributed by atoms with van der Waals surface area (Å²) in [6, 6.07) is 15.4. The van der Waals surface area contributed by atoms with Crippen LogP contribution in [0.5, 0.6) is 0 Å². The average Bonchev–Trinajstić information content (AvgIpc) is 2.60. The van der Waals surface area contributed by atoms with Crippen LogP contribution in [0.1, 0.15) is 42.9 Å². The molecule has 0 saturated carbocycles. The Bertz CT molecular complexity index is 708. The number of para-hydroxylation sites is 1. The van der Waals surface area contributed by atoms with E-state index in [1.807, 2.05) is 55.5 Å². The van der Waals surface area contributed by atoms with Gasteiger partial charge in [-0.05, 0) is 36.5 Å². The maximum Gasteiger partial charge on any atom is 0.313 e. The Morgan fingerprint density at radius 3 is 2.33 bits per heavy atom. The first-order valence-corrected chi connectivity index (χ1v) is 8.25. The normalized spacial score (nSPS) is 11.6. The highest BCUT2D eigenvalue weighted by atomic mass is 16.2. The second-order valence-corrected chi connectivity index (χ2v) is 6.02. The van der Waals surface area contributed by atoms with Gasteiger partial charge in [0, 0.05) is 12.2 Å². The quantitative estimate of drug-likeness (QED) is 0.823. The van der Waals surface area contributed by atoms with E-state index < -0.39 is 11.8 Å². The van der Waals surface area contributed by atoms with E-state index in [1.54, 1.807) is 0 Å². The summed E-state index contributed by atoms with van der Waals surface area (Å²) >= 11 is 0. The molecule has 0 bridgehead atoms. The van der Waals surface area contributed by atoms with Crippen LogP contribution >= 0.6 is 0 Å². The van der Waals surface area contributed by atoms with Crippen LogP contribution in [0.2, 0.25) is 0 Å². The van der Waals surface area contributed by atoms with Gasteiger partial charge in [0.05, 0.1) is 0 Å². The molecule has 4 nitrogen and oxygen atoms in total. The summed E-state index contributed by atoms with van der Waals surface area (Å²) in [7, 11) is 0. The van der Waals surface area contributed by atoms with E-state index in [2.05, 4.69) is 24.5 Å². The van der Waals surface area contributed by atoms with Crippen molar-refractivity contribution in [3.05, 3.63) is 65.2 Å². The van der Waals surface area contributed by atoms with Crippen LogP contribution in [0.4, 0.5) is 5.69 Å². The number of rotatable bonds is 5. The summed E-state index contributed by atoms with van der Waals surface area (Å²) in [5.41, 5.74) is 3.85. The zero-order valence-corrected chi connectivity index (χ0v) is 14.4. The molecule has 1 unspecified atom stereocenters. The van der Waals surface area contributed by atoms with Crippen molar-refractivity contribution in [1.82, 2.24) is 5.32 Å². The highest BCUT2D eigenvalue weighted by Gasteiger charge is 2.16. The third kappa shape index (κ3) is 4.69. The van der Waals surface area contributed by atoms with E-state index in [0.29, 0.717) is 18.2 Å². The number of anilines is 1. The topological polar surface area (TPSA) is 58.2 Å². The predicted octanol–water partition coefficient (Wildman–Crippen LogP) is 3.76. The van der Waals surface area contributed by atoms with Gasteiger partial charge in [0.15, 0.2) is 0 Å². The molecule has 0 radical (unpaired) electrons. The van der Waals surface area contributed by atoms with Crippen LogP contribution < -0.4 is 10.6 Å². The van der Waals surface area contributed by atoms with E-state index in [-0.39, 0.29) is 0 Å². The molecule has 0 aliphatic rings. The standard InChI is InChI=1S/C20H24N2O2/c1-4-15(3)17-7-5-6-8-18(17)22-20(24)19(23)21-13-16-11-9-14(2)10-12-16/h5-12,15H,4,13H2,1-3H3,(H,21,23)(H,22,24). The first-order chi connectivity index (χ1) is 11.5. The van der Waals surface area contributed by atoms with Gasteiger partial charge < -0.3 is 10.6 Å². The highest BCUT2D eigenvalue weighted by Crippen LogP contribution is 2.26. The van der Waals surface area contributed by atoms with Gasteiger partial charge in [0.25, 0.3) is 0 Å². The molecule has 2 amide bonds. The molecule has 1 atom stereocenters. The van der Waals surface area contributed by atoms with E-state index >= 15 is 0 Å². The van der Waals surface area contributed by atoms with Crippen LogP contribution in [0.25, 0.3) is 0 Å². The second-order valence-electron chi connectivity index (χ2n) is 6.02. The van der Waals surface area contributed by atoms with Crippen LogP contribution in [-0.2, 0) is 16.1 Å². The van der Waals surface area contributed by atoms with Crippen molar-refractivity contribution in [3.63, 3.8) is 0 Å². The SMILES string of the molecule is CCC(C)c1ccccc1NC(=O)C(=O)NCc1ccc(C)cc1. The molecule has 2 rings (SSSR count). The Hall–Kier alpha value is -2.62. The second kappa shape index (κ2) is 8.29. The fourth-order valence-electron chi connectivity index (χ4n) is 2.41. The van der Waals surface area contributed by atoms with Gasteiger partial charge in [-0.1, -0.05) is 61.9 Å². The molecule has 24 heavy (non-hydrogen) atoms. The van der Waals surface area contributed by atoms with Crippen molar-refractivity contribution in [2.75, 3.05) is 5.32 Å². The van der Waals surface area contributed by atoms with E-state index in [9.17, 15) is 9.59 Å². The smallest absolute Gasteiger partial charge is 0.313 e. The highest BCUT2D eigenvalue weighted by molar-refractivity contribution is 6.39. The minimum atomic E-state index is -0.641. The van der Waals surface area contributed by atoms with Crippen molar-refractivity contribution < 1.29 is 9.59 Å². The first kappa shape index (κ1) is 17.7. The number of hydrogen-bond donors (Lipinski definition) is 2. The van der Waals surface area contributed by atoms with Gasteiger partial charge in [0.1, 0.15) is 0 Å². The zero-order valence-electron chi connectivity index (χ0n) is 14.4. The summed E-state index contributed by atoms with van der Waals surface area (Å²) in [5.74, 6) is -0.954. The zero-order chi connectivity index (χ0) is 17.5. The number of benzene rings is 2. The molecule has 126 valence electrons. The number of carbonyl (C=O) groups is 2. The Morgan fingerprint density at radius 1 is 1.00 bits per heavy atom. The van der Waals surface area contributed by atoms with Gasteiger partial charge in [-0.2, -0.15) is 0 Å². The number of nitrogens with one attached hydrogen (secondary N) is 2. The molecule has 2 aromatic carbocycles. The lowest BCUT2D eigenvalue weighted by Gasteiger charge is -2.15. The predicted molar refractivity (Wildman–Crippen MR) is 96.8 cm³/mol. The molecular formula is C20H24N2O2. The number of carbonyl (C=O) groups excluding carboxylic acids is 2. The Morgan fingerprint density at radius 2 is 1.67 bits per heavy atom. The van der Waals surface area contributed by atoms with Gasteiger partial charge in [-0.15, -0.1) is 0 Å². The largest absolute Gasteiger partial charge is 0.344 e. The molecule has 0 heterocycles. The molecule has 0 spiro atoms. The Labute approximate surface area is 143 Å². The van der Waals surface area contributed by atoms with Gasteiger partial charge in [-0.25, -0.2) is 0 Å². The third-order valence-corrected chi connectivity index (χ3v) is 4.13. The molecule has 2 N–H and O–H groups in total. The lowest BCUT2D eigenvalue weighted by Crippen LogP contribution is -2.35. The van der Waals surface area contributed by atoms with Crippen molar-refractivity contribution in [2.45, 2.75) is 39.7 Å². The third-order valence-electron chi connectivity index (χ3n) is 4.13. The van der Waals surface area contributed by atoms with Gasteiger partial charge in [0.2, 0.25) is 0 Å². The van der Waals surface area contributed by atoms with E-state index in [4.69, 9.17) is 0 Å². The minimum absolute atomic E-state index is 0.317. The molecule has 2 aromatic rings. The van der Waals surface area contributed by atoms with Crippen LogP contribution in [-0.4, -0.2) is 11.8 Å². The van der Waals surface area contributed by atoms with Gasteiger partial charge >= 0.3 is 11.8 Å². The molecule has 0 aromatic heterocycles. The first-order valence-electron chi connectivity index (χ1n) is 8.25. The number of aryl methyl sites for hydroxylation is 1. The summed E-state index contributed by atoms with van der Waals surface area (Å²) in [6.45, 7) is 6.53. The summed E-state index contributed by atoms with van der Waals surface area (Å²) in [5, 5.41) is 5.37. The van der Waals surface area contributed by atoms with Gasteiger partial charge in [-0.3, -0.25) is 9.59 Å². The molecular weight excluding hydrogens is 300 g/mol. The minimum Gasteiger partial charge on any atom is -0.344 e. The van der Waals surface area contributed by atoms with Crippen LogP contribution in [0.15, 0.2) is 48.5 Å². The molecule has 4 heteroatoms. The van der Waals surface area contributed by atoms with E-state index in [0.717, 1.165) is 23.1 Å². The monoisotopic (exact) mass is 324 g/mol. The maximum absolute atomic E-state index is 12.1. The Kier molecular flexibility index (Phi) is 6.13. The van der Waals surface area contributed by atoms with E-state index in [1.165, 1.54) is 0 Å². The molecule has 0 aliphatic heterocycles. The maximum atomic E-state index is 12.1. The van der Waals surface area contributed by atoms with Crippen LogP contribution in [0.3, 0.4) is 0 Å². The van der Waals surface area contributed by atoms with Crippen LogP contribution in [0, 0.1) is 6.92 Å². The van der Waals surface area contributed by atoms with Crippen molar-refractivity contribution in [3.8, 4) is 0 Å². The lowest BCUT2D eigenvalue weighted by atomic mass is 9.97. The Balaban J connectivity index is 1.97. The molecule has 0 saturated heterocycles. The summed E-state index contributed by atoms with van der Waals surface area (Å²) < 4.78 is 0. The number of amides is 2. The average molecular weight is 324 g/mol. The molecule has 0 aliphatic carbocycles. The lowest BCUT2D eigenvalue weighted by molar-refractivity contribution is -0.136.